The second-order valence-corrected chi connectivity index (χ2v) is 4.95. The highest BCUT2D eigenvalue weighted by Gasteiger charge is 2.20. The molecule has 1 unspecified atom stereocenters. The molecule has 0 radical (unpaired) electrons. The smallest absolute Gasteiger partial charge is 0.226 e. The monoisotopic (exact) mass is 258 g/mol. The number of hydrogen-bond donors (Lipinski definition) is 1. The highest BCUT2D eigenvalue weighted by Crippen LogP contribution is 2.20. The van der Waals surface area contributed by atoms with Gasteiger partial charge in [-0.3, -0.25) is 4.98 Å². The van der Waals surface area contributed by atoms with Gasteiger partial charge in [0.15, 0.2) is 5.82 Å². The first-order valence-electron chi connectivity index (χ1n) is 6.84. The van der Waals surface area contributed by atoms with E-state index in [2.05, 4.69) is 20.4 Å². The molecule has 100 valence electrons. The van der Waals surface area contributed by atoms with Crippen LogP contribution < -0.4 is 5.32 Å². The number of nitrogens with zero attached hydrogens (tertiary/aromatic N) is 3. The van der Waals surface area contributed by atoms with Crippen LogP contribution in [-0.4, -0.2) is 28.2 Å². The summed E-state index contributed by atoms with van der Waals surface area (Å²) >= 11 is 0. The Morgan fingerprint density at radius 3 is 2.95 bits per heavy atom. The Balaban J connectivity index is 1.58. The van der Waals surface area contributed by atoms with Crippen LogP contribution >= 0.6 is 0 Å². The van der Waals surface area contributed by atoms with Crippen LogP contribution in [0, 0.1) is 0 Å². The van der Waals surface area contributed by atoms with Crippen molar-refractivity contribution in [3.63, 3.8) is 0 Å². The van der Waals surface area contributed by atoms with Gasteiger partial charge in [0.25, 0.3) is 0 Å². The lowest BCUT2D eigenvalue weighted by Gasteiger charge is -2.19. The van der Waals surface area contributed by atoms with Crippen molar-refractivity contribution in [1.29, 1.82) is 0 Å². The topological polar surface area (TPSA) is 63.8 Å². The van der Waals surface area contributed by atoms with E-state index in [1.165, 1.54) is 12.0 Å². The van der Waals surface area contributed by atoms with Crippen LogP contribution in [0.1, 0.15) is 36.0 Å². The van der Waals surface area contributed by atoms with Gasteiger partial charge in [0.05, 0.1) is 0 Å². The first kappa shape index (κ1) is 12.3. The summed E-state index contributed by atoms with van der Waals surface area (Å²) < 4.78 is 5.34. The third kappa shape index (κ3) is 3.17. The summed E-state index contributed by atoms with van der Waals surface area (Å²) in [6, 6.07) is 4.03. The van der Waals surface area contributed by atoms with E-state index in [9.17, 15) is 0 Å². The normalized spacial score (nSPS) is 19.5. The van der Waals surface area contributed by atoms with Gasteiger partial charge in [0, 0.05) is 31.3 Å². The molecule has 1 N–H and O–H groups in total. The molecule has 5 nitrogen and oxygen atoms in total. The molecule has 0 bridgehead atoms. The molecule has 1 fully saturated rings. The summed E-state index contributed by atoms with van der Waals surface area (Å²) in [5.74, 6) is 2.00. The van der Waals surface area contributed by atoms with Gasteiger partial charge in [0.1, 0.15) is 0 Å². The summed E-state index contributed by atoms with van der Waals surface area (Å²) in [5, 5.41) is 7.49. The average molecular weight is 258 g/mol. The van der Waals surface area contributed by atoms with Crippen molar-refractivity contribution in [3.05, 3.63) is 41.8 Å². The molecule has 1 aliphatic rings. The summed E-state index contributed by atoms with van der Waals surface area (Å²) in [4.78, 5) is 8.52. The van der Waals surface area contributed by atoms with Crippen LogP contribution in [0.15, 0.2) is 29.0 Å². The number of aryl methyl sites for hydroxylation is 2. The third-order valence-corrected chi connectivity index (χ3v) is 3.52. The van der Waals surface area contributed by atoms with Crippen molar-refractivity contribution in [2.75, 3.05) is 13.1 Å². The quantitative estimate of drug-likeness (QED) is 0.904. The van der Waals surface area contributed by atoms with Gasteiger partial charge in [-0.25, -0.2) is 0 Å². The van der Waals surface area contributed by atoms with Gasteiger partial charge >= 0.3 is 0 Å². The van der Waals surface area contributed by atoms with E-state index in [4.69, 9.17) is 4.52 Å². The number of hydrogen-bond acceptors (Lipinski definition) is 5. The van der Waals surface area contributed by atoms with Crippen LogP contribution in [0.3, 0.4) is 0 Å². The van der Waals surface area contributed by atoms with Gasteiger partial charge < -0.3 is 9.84 Å². The fraction of sp³-hybridized carbons (Fsp3) is 0.500. The van der Waals surface area contributed by atoms with Gasteiger partial charge in [-0.1, -0.05) is 5.16 Å². The molecule has 1 atom stereocenters. The molecule has 1 saturated heterocycles. The Hall–Kier alpha value is -1.75. The molecular weight excluding hydrogens is 240 g/mol. The minimum absolute atomic E-state index is 0.409. The first-order valence-corrected chi connectivity index (χ1v) is 6.84. The summed E-state index contributed by atoms with van der Waals surface area (Å²) in [6.45, 7) is 2.06. The molecule has 0 spiro atoms. The Morgan fingerprint density at radius 1 is 1.26 bits per heavy atom. The molecule has 0 saturated carbocycles. The Kier molecular flexibility index (Phi) is 3.83. The first-order chi connectivity index (χ1) is 9.42. The maximum Gasteiger partial charge on any atom is 0.226 e. The highest BCUT2D eigenvalue weighted by atomic mass is 16.5. The number of nitrogens with one attached hydrogen (secondary N) is 1. The Labute approximate surface area is 112 Å². The number of aromatic nitrogens is 3. The van der Waals surface area contributed by atoms with Crippen LogP contribution in [0.2, 0.25) is 0 Å². The fourth-order valence-corrected chi connectivity index (χ4v) is 2.41. The van der Waals surface area contributed by atoms with Crippen LogP contribution in [0.25, 0.3) is 0 Å². The number of rotatable bonds is 4. The van der Waals surface area contributed by atoms with E-state index in [1.54, 1.807) is 0 Å². The van der Waals surface area contributed by atoms with E-state index in [0.717, 1.165) is 44.1 Å². The van der Waals surface area contributed by atoms with Gasteiger partial charge in [-0.2, -0.15) is 4.98 Å². The molecule has 0 amide bonds. The number of pyridine rings is 1. The van der Waals surface area contributed by atoms with Gasteiger partial charge in [-0.15, -0.1) is 0 Å². The highest BCUT2D eigenvalue weighted by molar-refractivity contribution is 5.10. The van der Waals surface area contributed by atoms with Crippen molar-refractivity contribution in [3.8, 4) is 0 Å². The summed E-state index contributed by atoms with van der Waals surface area (Å²) in [7, 11) is 0. The second-order valence-electron chi connectivity index (χ2n) is 4.95. The van der Waals surface area contributed by atoms with Crippen molar-refractivity contribution < 1.29 is 4.52 Å². The fourth-order valence-electron chi connectivity index (χ4n) is 2.41. The summed E-state index contributed by atoms with van der Waals surface area (Å²) in [6.07, 6.45) is 7.65. The standard InChI is InChI=1S/C14H18N4O/c1-2-12(10-16-7-1)14-17-13(19-18-14)4-3-11-5-8-15-9-6-11/h5-6,8-9,12,16H,1-4,7,10H2. The largest absolute Gasteiger partial charge is 0.339 e. The molecule has 2 aromatic rings. The average Bonchev–Trinajstić information content (AvgIpc) is 2.96. The van der Waals surface area contributed by atoms with E-state index >= 15 is 0 Å². The molecule has 0 aliphatic carbocycles. The zero-order chi connectivity index (χ0) is 12.9. The zero-order valence-electron chi connectivity index (χ0n) is 10.9. The molecule has 0 aromatic carbocycles. The van der Waals surface area contributed by atoms with Crippen molar-refractivity contribution in [2.45, 2.75) is 31.6 Å². The Bertz CT molecular complexity index is 505. The van der Waals surface area contributed by atoms with Crippen molar-refractivity contribution in [1.82, 2.24) is 20.4 Å². The number of piperidine rings is 1. The molecular formula is C14H18N4O. The third-order valence-electron chi connectivity index (χ3n) is 3.52. The van der Waals surface area contributed by atoms with Crippen molar-refractivity contribution in [2.24, 2.45) is 0 Å². The van der Waals surface area contributed by atoms with E-state index in [-0.39, 0.29) is 0 Å². The van der Waals surface area contributed by atoms with E-state index in [1.807, 2.05) is 24.5 Å². The van der Waals surface area contributed by atoms with Crippen molar-refractivity contribution >= 4 is 0 Å². The SMILES string of the molecule is c1cc(CCc2nc(C3CCCNC3)no2)ccn1. The van der Waals surface area contributed by atoms with E-state index in [0.29, 0.717) is 5.92 Å². The molecule has 1 aliphatic heterocycles. The zero-order valence-corrected chi connectivity index (χ0v) is 10.9. The predicted molar refractivity (Wildman–Crippen MR) is 70.8 cm³/mol. The predicted octanol–water partition coefficient (Wildman–Crippen LogP) is 1.72. The molecule has 5 heteroatoms. The maximum absolute atomic E-state index is 5.34. The van der Waals surface area contributed by atoms with Crippen LogP contribution in [-0.2, 0) is 12.8 Å². The maximum atomic E-state index is 5.34. The van der Waals surface area contributed by atoms with Crippen LogP contribution in [0.5, 0.6) is 0 Å². The lowest BCUT2D eigenvalue weighted by molar-refractivity contribution is 0.361. The molecule has 3 rings (SSSR count). The minimum Gasteiger partial charge on any atom is -0.339 e. The molecule has 2 aromatic heterocycles. The molecule has 19 heavy (non-hydrogen) atoms. The lowest BCUT2D eigenvalue weighted by atomic mass is 9.99. The van der Waals surface area contributed by atoms with Crippen LogP contribution in [0.4, 0.5) is 0 Å². The minimum atomic E-state index is 0.409. The van der Waals surface area contributed by atoms with Gasteiger partial charge in [0.2, 0.25) is 5.89 Å². The van der Waals surface area contributed by atoms with Gasteiger partial charge in [-0.05, 0) is 43.5 Å². The van der Waals surface area contributed by atoms with E-state index < -0.39 is 0 Å². The molecule has 3 heterocycles. The Morgan fingerprint density at radius 2 is 2.16 bits per heavy atom. The summed E-state index contributed by atoms with van der Waals surface area (Å²) in [5.41, 5.74) is 1.24. The second kappa shape index (κ2) is 5.93. The lowest BCUT2D eigenvalue weighted by Crippen LogP contribution is -2.28.